The number of hydrogen-bond donors (Lipinski definition) is 1. The van der Waals surface area contributed by atoms with Crippen LogP contribution in [0, 0.1) is 11.7 Å². The van der Waals surface area contributed by atoms with Crippen molar-refractivity contribution in [3.8, 4) is 0 Å². The zero-order valence-corrected chi connectivity index (χ0v) is 10.1. The monoisotopic (exact) mass is 249 g/mol. The number of alkyl halides is 1. The van der Waals surface area contributed by atoms with Crippen molar-refractivity contribution in [2.75, 3.05) is 12.4 Å². The van der Waals surface area contributed by atoms with Crippen molar-refractivity contribution in [3.63, 3.8) is 0 Å². The van der Waals surface area contributed by atoms with Gasteiger partial charge in [-0.15, -0.1) is 11.6 Å². The van der Waals surface area contributed by atoms with Crippen molar-refractivity contribution < 1.29 is 4.39 Å². The number of rotatable bonds is 5. The van der Waals surface area contributed by atoms with E-state index in [4.69, 9.17) is 23.2 Å². The molecule has 0 saturated heterocycles. The number of benzene rings is 1. The van der Waals surface area contributed by atoms with Gasteiger partial charge in [0.2, 0.25) is 0 Å². The first kappa shape index (κ1) is 12.8. The third-order valence-corrected chi connectivity index (χ3v) is 2.92. The molecule has 84 valence electrons. The topological polar surface area (TPSA) is 12.0 Å². The van der Waals surface area contributed by atoms with Crippen LogP contribution in [-0.4, -0.2) is 12.4 Å². The van der Waals surface area contributed by atoms with Crippen LogP contribution in [0.2, 0.25) is 5.02 Å². The van der Waals surface area contributed by atoms with Gasteiger partial charge < -0.3 is 5.32 Å². The lowest BCUT2D eigenvalue weighted by Crippen LogP contribution is -2.22. The predicted molar refractivity (Wildman–Crippen MR) is 63.0 cm³/mol. The molecular formula is C11H14Cl2FN. The summed E-state index contributed by atoms with van der Waals surface area (Å²) in [6.07, 6.45) is 0. The molecule has 1 aromatic carbocycles. The highest BCUT2D eigenvalue weighted by atomic mass is 35.5. The molecule has 0 bridgehead atoms. The van der Waals surface area contributed by atoms with E-state index in [1.54, 1.807) is 18.2 Å². The van der Waals surface area contributed by atoms with Crippen LogP contribution in [0.4, 0.5) is 4.39 Å². The number of nitrogens with one attached hydrogen (secondary N) is 1. The van der Waals surface area contributed by atoms with Gasteiger partial charge in [0.1, 0.15) is 5.82 Å². The summed E-state index contributed by atoms with van der Waals surface area (Å²) in [6.45, 7) is 3.29. The molecule has 1 aromatic rings. The Morgan fingerprint density at radius 1 is 1.47 bits per heavy atom. The average molecular weight is 250 g/mol. The van der Waals surface area contributed by atoms with Crippen LogP contribution < -0.4 is 5.32 Å². The van der Waals surface area contributed by atoms with E-state index in [0.29, 0.717) is 23.9 Å². The number of halogens is 3. The summed E-state index contributed by atoms with van der Waals surface area (Å²) in [7, 11) is 0. The normalized spacial score (nSPS) is 12.8. The van der Waals surface area contributed by atoms with Gasteiger partial charge in [0.25, 0.3) is 0 Å². The molecule has 15 heavy (non-hydrogen) atoms. The second-order valence-electron chi connectivity index (χ2n) is 3.60. The van der Waals surface area contributed by atoms with Crippen LogP contribution in [0.15, 0.2) is 18.2 Å². The smallest absolute Gasteiger partial charge is 0.146 e. The van der Waals surface area contributed by atoms with E-state index < -0.39 is 0 Å². The minimum atomic E-state index is -0.342. The second-order valence-corrected chi connectivity index (χ2v) is 4.32. The fourth-order valence-corrected chi connectivity index (χ4v) is 1.50. The van der Waals surface area contributed by atoms with Crippen molar-refractivity contribution in [1.29, 1.82) is 0 Å². The van der Waals surface area contributed by atoms with E-state index in [2.05, 4.69) is 5.32 Å². The van der Waals surface area contributed by atoms with Crippen LogP contribution in [0.5, 0.6) is 0 Å². The summed E-state index contributed by atoms with van der Waals surface area (Å²) in [6, 6.07) is 5.01. The molecule has 1 rings (SSSR count). The standard InChI is InChI=1S/C11H14Cl2FN/c1-8(5-12)6-15-7-9-3-2-4-10(13)11(9)14/h2-4,8,15H,5-7H2,1H3. The van der Waals surface area contributed by atoms with Gasteiger partial charge in [-0.25, -0.2) is 4.39 Å². The highest BCUT2D eigenvalue weighted by molar-refractivity contribution is 6.30. The molecule has 0 amide bonds. The molecule has 0 aromatic heterocycles. The summed E-state index contributed by atoms with van der Waals surface area (Å²) < 4.78 is 13.4. The first-order valence-corrected chi connectivity index (χ1v) is 5.76. The minimum absolute atomic E-state index is 0.166. The van der Waals surface area contributed by atoms with Gasteiger partial charge in [-0.2, -0.15) is 0 Å². The molecule has 0 spiro atoms. The van der Waals surface area contributed by atoms with Gasteiger partial charge in [0.05, 0.1) is 5.02 Å². The van der Waals surface area contributed by atoms with E-state index in [0.717, 1.165) is 6.54 Å². The third kappa shape index (κ3) is 3.98. The predicted octanol–water partition coefficient (Wildman–Crippen LogP) is 3.44. The molecule has 0 heterocycles. The fourth-order valence-electron chi connectivity index (χ4n) is 1.19. The Morgan fingerprint density at radius 2 is 2.20 bits per heavy atom. The van der Waals surface area contributed by atoms with Crippen molar-refractivity contribution >= 4 is 23.2 Å². The lowest BCUT2D eigenvalue weighted by molar-refractivity contribution is 0.538. The van der Waals surface area contributed by atoms with E-state index >= 15 is 0 Å². The Labute approximate surface area is 99.6 Å². The van der Waals surface area contributed by atoms with E-state index in [1.165, 1.54) is 0 Å². The first-order valence-electron chi connectivity index (χ1n) is 4.84. The zero-order chi connectivity index (χ0) is 11.3. The summed E-state index contributed by atoms with van der Waals surface area (Å²) in [5.41, 5.74) is 0.587. The Morgan fingerprint density at radius 3 is 2.87 bits per heavy atom. The SMILES string of the molecule is CC(CCl)CNCc1cccc(Cl)c1F. The molecule has 1 N–H and O–H groups in total. The van der Waals surface area contributed by atoms with Gasteiger partial charge in [-0.05, 0) is 18.5 Å². The molecule has 4 heteroatoms. The fraction of sp³-hybridized carbons (Fsp3) is 0.455. The molecule has 1 unspecified atom stereocenters. The number of hydrogen-bond acceptors (Lipinski definition) is 1. The summed E-state index contributed by atoms with van der Waals surface area (Å²) >= 11 is 11.3. The van der Waals surface area contributed by atoms with Gasteiger partial charge in [-0.3, -0.25) is 0 Å². The van der Waals surface area contributed by atoms with Crippen LogP contribution in [0.1, 0.15) is 12.5 Å². The Hall–Kier alpha value is -0.310. The summed E-state index contributed by atoms with van der Waals surface area (Å²) in [4.78, 5) is 0. The maximum atomic E-state index is 13.4. The molecule has 0 radical (unpaired) electrons. The summed E-state index contributed by atoms with van der Waals surface area (Å²) in [5, 5.41) is 3.30. The van der Waals surface area contributed by atoms with Crippen LogP contribution in [-0.2, 0) is 6.54 Å². The van der Waals surface area contributed by atoms with Crippen molar-refractivity contribution in [3.05, 3.63) is 34.6 Å². The lowest BCUT2D eigenvalue weighted by atomic mass is 10.2. The molecule has 0 aliphatic carbocycles. The Kier molecular flexibility index (Phi) is 5.37. The van der Waals surface area contributed by atoms with Gasteiger partial charge in [-0.1, -0.05) is 30.7 Å². The van der Waals surface area contributed by atoms with Crippen molar-refractivity contribution in [2.45, 2.75) is 13.5 Å². The second kappa shape index (κ2) is 6.31. The van der Waals surface area contributed by atoms with Gasteiger partial charge >= 0.3 is 0 Å². The zero-order valence-electron chi connectivity index (χ0n) is 8.56. The van der Waals surface area contributed by atoms with E-state index in [1.807, 2.05) is 6.92 Å². The van der Waals surface area contributed by atoms with E-state index in [-0.39, 0.29) is 10.8 Å². The molecule has 0 fully saturated rings. The minimum Gasteiger partial charge on any atom is -0.312 e. The lowest BCUT2D eigenvalue weighted by Gasteiger charge is -2.10. The highest BCUT2D eigenvalue weighted by Crippen LogP contribution is 2.17. The van der Waals surface area contributed by atoms with E-state index in [9.17, 15) is 4.39 Å². The van der Waals surface area contributed by atoms with Crippen LogP contribution in [0.25, 0.3) is 0 Å². The van der Waals surface area contributed by atoms with Crippen molar-refractivity contribution in [1.82, 2.24) is 5.32 Å². The maximum absolute atomic E-state index is 13.4. The Balaban J connectivity index is 2.47. The van der Waals surface area contributed by atoms with Crippen LogP contribution >= 0.6 is 23.2 Å². The van der Waals surface area contributed by atoms with Crippen LogP contribution in [0.3, 0.4) is 0 Å². The van der Waals surface area contributed by atoms with Gasteiger partial charge in [0, 0.05) is 18.0 Å². The molecular weight excluding hydrogens is 236 g/mol. The molecule has 0 saturated carbocycles. The largest absolute Gasteiger partial charge is 0.312 e. The molecule has 0 aliphatic heterocycles. The molecule has 1 nitrogen and oxygen atoms in total. The molecule has 0 aliphatic rings. The average Bonchev–Trinajstić information content (AvgIpc) is 2.24. The Bertz CT molecular complexity index is 317. The third-order valence-electron chi connectivity index (χ3n) is 2.10. The maximum Gasteiger partial charge on any atom is 0.146 e. The van der Waals surface area contributed by atoms with Crippen molar-refractivity contribution in [2.24, 2.45) is 5.92 Å². The summed E-state index contributed by atoms with van der Waals surface area (Å²) in [5.74, 6) is 0.643. The first-order chi connectivity index (χ1) is 7.15. The highest BCUT2D eigenvalue weighted by Gasteiger charge is 2.06. The van der Waals surface area contributed by atoms with Gasteiger partial charge in [0.15, 0.2) is 0 Å². The molecule has 1 atom stereocenters. The quantitative estimate of drug-likeness (QED) is 0.789.